The molecule has 6 nitrogen and oxygen atoms in total. The lowest BCUT2D eigenvalue weighted by atomic mass is 10.1. The second kappa shape index (κ2) is 6.13. The Balaban J connectivity index is 1.68. The molecule has 7 heteroatoms. The van der Waals surface area contributed by atoms with E-state index in [2.05, 4.69) is 10.2 Å². The molecule has 2 amide bonds. The summed E-state index contributed by atoms with van der Waals surface area (Å²) in [5.41, 5.74) is 0. The zero-order valence-corrected chi connectivity index (χ0v) is 12.8. The van der Waals surface area contributed by atoms with Gasteiger partial charge in [0.25, 0.3) is 5.91 Å². The number of nitrogens with one attached hydrogen (secondary N) is 1. The lowest BCUT2D eigenvalue weighted by Crippen LogP contribution is -2.53. The highest BCUT2D eigenvalue weighted by Gasteiger charge is 2.42. The highest BCUT2D eigenvalue weighted by Crippen LogP contribution is 2.25. The van der Waals surface area contributed by atoms with Gasteiger partial charge in [0.2, 0.25) is 5.91 Å². The van der Waals surface area contributed by atoms with E-state index in [1.54, 1.807) is 7.05 Å². The molecule has 0 unspecified atom stereocenters. The van der Waals surface area contributed by atoms with Crippen molar-refractivity contribution < 1.29 is 14.3 Å². The van der Waals surface area contributed by atoms with Gasteiger partial charge < -0.3 is 15.0 Å². The summed E-state index contributed by atoms with van der Waals surface area (Å²) in [5.74, 6) is 0.0570. The molecule has 114 valence electrons. The number of likely N-dealkylation sites (N-methyl/N-ethyl adjacent to an activating group) is 1. The zero-order valence-electron chi connectivity index (χ0n) is 11.9. The van der Waals surface area contributed by atoms with Crippen molar-refractivity contribution in [2.45, 2.75) is 12.1 Å². The maximum Gasteiger partial charge on any atom is 0.264 e. The first kappa shape index (κ1) is 14.5. The number of rotatable bonds is 3. The molecule has 1 N–H and O–H groups in total. The molecule has 0 radical (unpaired) electrons. The van der Waals surface area contributed by atoms with Crippen LogP contribution >= 0.6 is 11.3 Å². The number of morpholine rings is 1. The molecule has 0 spiro atoms. The first-order valence-electron chi connectivity index (χ1n) is 7.08. The van der Waals surface area contributed by atoms with Gasteiger partial charge in [0.05, 0.1) is 30.2 Å². The molecule has 3 rings (SSSR count). The fourth-order valence-corrected chi connectivity index (χ4v) is 3.63. The lowest BCUT2D eigenvalue weighted by molar-refractivity contribution is -0.125. The lowest BCUT2D eigenvalue weighted by Gasteiger charge is -2.35. The highest BCUT2D eigenvalue weighted by atomic mass is 32.1. The van der Waals surface area contributed by atoms with Gasteiger partial charge in [-0.2, -0.15) is 0 Å². The van der Waals surface area contributed by atoms with Crippen LogP contribution in [0.2, 0.25) is 0 Å². The van der Waals surface area contributed by atoms with E-state index in [4.69, 9.17) is 4.74 Å². The van der Waals surface area contributed by atoms with Crippen LogP contribution in [0.5, 0.6) is 0 Å². The summed E-state index contributed by atoms with van der Waals surface area (Å²) in [6.07, 6.45) is 0.00678. The SMILES string of the molecule is CNC(=O)CN1CCO[C@H]2CN(C(=O)c3cccs3)C[C@H]21. The van der Waals surface area contributed by atoms with Crippen LogP contribution in [0, 0.1) is 0 Å². The standard InChI is InChI=1S/C14H19N3O3S/c1-15-13(18)9-16-4-5-20-11-8-17(7-10(11)16)14(19)12-3-2-6-21-12/h2-3,6,10-11H,4-5,7-9H2,1H3,(H,15,18)/t10-,11+/m1/s1. The number of hydrogen-bond acceptors (Lipinski definition) is 5. The van der Waals surface area contributed by atoms with Crippen LogP contribution in [0.1, 0.15) is 9.67 Å². The molecule has 2 atom stereocenters. The number of thiophene rings is 1. The van der Waals surface area contributed by atoms with Crippen molar-refractivity contribution in [3.05, 3.63) is 22.4 Å². The van der Waals surface area contributed by atoms with E-state index in [0.717, 1.165) is 11.4 Å². The minimum Gasteiger partial charge on any atom is -0.373 e. The van der Waals surface area contributed by atoms with Crippen LogP contribution < -0.4 is 5.32 Å². The number of likely N-dealkylation sites (tertiary alicyclic amines) is 1. The van der Waals surface area contributed by atoms with Gasteiger partial charge >= 0.3 is 0 Å². The van der Waals surface area contributed by atoms with E-state index in [9.17, 15) is 9.59 Å². The quantitative estimate of drug-likeness (QED) is 0.855. The van der Waals surface area contributed by atoms with E-state index >= 15 is 0 Å². The topological polar surface area (TPSA) is 61.9 Å². The summed E-state index contributed by atoms with van der Waals surface area (Å²) >= 11 is 1.46. The van der Waals surface area contributed by atoms with E-state index in [1.807, 2.05) is 22.4 Å². The first-order chi connectivity index (χ1) is 10.2. The van der Waals surface area contributed by atoms with Crippen LogP contribution in [0.15, 0.2) is 17.5 Å². The van der Waals surface area contributed by atoms with Gasteiger partial charge in [-0.25, -0.2) is 0 Å². The Kier molecular flexibility index (Phi) is 4.23. The predicted molar refractivity (Wildman–Crippen MR) is 79.4 cm³/mol. The van der Waals surface area contributed by atoms with Crippen molar-refractivity contribution in [2.75, 3.05) is 39.8 Å². The number of nitrogens with zero attached hydrogens (tertiary/aromatic N) is 2. The van der Waals surface area contributed by atoms with Gasteiger partial charge in [-0.15, -0.1) is 11.3 Å². The molecule has 21 heavy (non-hydrogen) atoms. The zero-order chi connectivity index (χ0) is 14.8. The monoisotopic (exact) mass is 309 g/mol. The molecule has 1 aromatic rings. The Bertz CT molecular complexity index is 520. The molecule has 0 aromatic carbocycles. The summed E-state index contributed by atoms with van der Waals surface area (Å²) < 4.78 is 5.78. The summed E-state index contributed by atoms with van der Waals surface area (Å²) in [6, 6.07) is 3.84. The highest BCUT2D eigenvalue weighted by molar-refractivity contribution is 7.12. The molecule has 1 aromatic heterocycles. The van der Waals surface area contributed by atoms with Gasteiger partial charge in [0.1, 0.15) is 0 Å². The normalized spacial score (nSPS) is 25.7. The predicted octanol–water partition coefficient (Wildman–Crippen LogP) is 0.0193. The summed E-state index contributed by atoms with van der Waals surface area (Å²) in [4.78, 5) is 28.7. The van der Waals surface area contributed by atoms with Gasteiger partial charge in [0, 0.05) is 26.7 Å². The summed E-state index contributed by atoms with van der Waals surface area (Å²) in [7, 11) is 1.64. The molecule has 2 aliphatic rings. The summed E-state index contributed by atoms with van der Waals surface area (Å²) in [6.45, 7) is 2.93. The molecular weight excluding hydrogens is 290 g/mol. The minimum atomic E-state index is -0.00122. The third-order valence-electron chi connectivity index (χ3n) is 4.06. The average molecular weight is 309 g/mol. The van der Waals surface area contributed by atoms with Gasteiger partial charge in [-0.3, -0.25) is 14.5 Å². The van der Waals surface area contributed by atoms with Crippen LogP contribution in [-0.2, 0) is 9.53 Å². The van der Waals surface area contributed by atoms with Crippen LogP contribution in [0.3, 0.4) is 0 Å². The van der Waals surface area contributed by atoms with Crippen molar-refractivity contribution in [3.8, 4) is 0 Å². The maximum atomic E-state index is 12.4. The van der Waals surface area contributed by atoms with Gasteiger partial charge in [-0.1, -0.05) is 6.07 Å². The molecule has 2 aliphatic heterocycles. The fourth-order valence-electron chi connectivity index (χ4n) is 2.94. The number of carbonyl (C=O) groups is 2. The minimum absolute atomic E-state index is 0.00122. The molecule has 0 bridgehead atoms. The van der Waals surface area contributed by atoms with E-state index in [-0.39, 0.29) is 24.0 Å². The second-order valence-corrected chi connectivity index (χ2v) is 6.26. The third kappa shape index (κ3) is 2.95. The second-order valence-electron chi connectivity index (χ2n) is 5.31. The number of hydrogen-bond donors (Lipinski definition) is 1. The largest absolute Gasteiger partial charge is 0.373 e. The van der Waals surface area contributed by atoms with Crippen molar-refractivity contribution in [1.29, 1.82) is 0 Å². The molecular formula is C14H19N3O3S. The van der Waals surface area contributed by atoms with Crippen molar-refractivity contribution in [2.24, 2.45) is 0 Å². The average Bonchev–Trinajstić information content (AvgIpc) is 3.16. The number of carbonyl (C=O) groups excluding carboxylic acids is 2. The van der Waals surface area contributed by atoms with Crippen LogP contribution in [-0.4, -0.2) is 73.6 Å². The number of fused-ring (bicyclic) bond motifs is 1. The third-order valence-corrected chi connectivity index (χ3v) is 4.92. The Hall–Kier alpha value is -1.44. The Labute approximate surface area is 127 Å². The summed E-state index contributed by atoms with van der Waals surface area (Å²) in [5, 5.41) is 4.56. The molecule has 3 heterocycles. The Morgan fingerprint density at radius 1 is 1.48 bits per heavy atom. The molecule has 2 fully saturated rings. The van der Waals surface area contributed by atoms with Crippen molar-refractivity contribution in [3.63, 3.8) is 0 Å². The number of amides is 2. The maximum absolute atomic E-state index is 12.4. The van der Waals surface area contributed by atoms with Crippen LogP contribution in [0.4, 0.5) is 0 Å². The molecule has 2 saturated heterocycles. The Morgan fingerprint density at radius 3 is 3.05 bits per heavy atom. The van der Waals surface area contributed by atoms with E-state index in [0.29, 0.717) is 26.2 Å². The molecule has 0 saturated carbocycles. The number of ether oxygens (including phenoxy) is 1. The van der Waals surface area contributed by atoms with Gasteiger partial charge in [0.15, 0.2) is 0 Å². The van der Waals surface area contributed by atoms with E-state index < -0.39 is 0 Å². The first-order valence-corrected chi connectivity index (χ1v) is 7.96. The fraction of sp³-hybridized carbons (Fsp3) is 0.571. The van der Waals surface area contributed by atoms with Crippen molar-refractivity contribution in [1.82, 2.24) is 15.1 Å². The van der Waals surface area contributed by atoms with Gasteiger partial charge in [-0.05, 0) is 11.4 Å². The van der Waals surface area contributed by atoms with Crippen LogP contribution in [0.25, 0.3) is 0 Å². The van der Waals surface area contributed by atoms with Crippen molar-refractivity contribution >= 4 is 23.2 Å². The van der Waals surface area contributed by atoms with E-state index in [1.165, 1.54) is 11.3 Å². The Morgan fingerprint density at radius 2 is 2.33 bits per heavy atom. The smallest absolute Gasteiger partial charge is 0.264 e. The molecule has 0 aliphatic carbocycles.